The first-order valence-electron chi connectivity index (χ1n) is 6.34. The minimum Gasteiger partial charge on any atom is -0.394 e. The van der Waals surface area contributed by atoms with Crippen molar-refractivity contribution in [1.82, 2.24) is 5.32 Å². The Hall–Kier alpha value is -0.930. The van der Waals surface area contributed by atoms with Gasteiger partial charge in [-0.3, -0.25) is 0 Å². The molecular weight excluding hydrogens is 217 g/mol. The lowest BCUT2D eigenvalue weighted by Crippen LogP contribution is -2.49. The van der Waals surface area contributed by atoms with Gasteiger partial charge in [-0.25, -0.2) is 4.39 Å². The normalized spacial score (nSPS) is 19.2. The highest BCUT2D eigenvalue weighted by atomic mass is 19.1. The third-order valence-electron chi connectivity index (χ3n) is 3.69. The smallest absolute Gasteiger partial charge is 0.123 e. The van der Waals surface area contributed by atoms with E-state index in [0.717, 1.165) is 18.4 Å². The number of halogens is 1. The summed E-state index contributed by atoms with van der Waals surface area (Å²) < 4.78 is 12.8. The number of hydrogen-bond acceptors (Lipinski definition) is 2. The molecule has 2 N–H and O–H groups in total. The Morgan fingerprint density at radius 1 is 1.12 bits per heavy atom. The maximum absolute atomic E-state index is 12.8. The number of aliphatic hydroxyl groups excluding tert-OH is 1. The molecule has 0 unspecified atom stereocenters. The predicted octanol–water partition coefficient (Wildman–Crippen LogP) is 2.61. The molecule has 0 atom stereocenters. The third kappa shape index (κ3) is 3.27. The fourth-order valence-corrected chi connectivity index (χ4v) is 2.51. The van der Waals surface area contributed by atoms with E-state index in [0.29, 0.717) is 6.54 Å². The Kier molecular flexibility index (Phi) is 4.13. The fourth-order valence-electron chi connectivity index (χ4n) is 2.51. The molecule has 1 aliphatic carbocycles. The van der Waals surface area contributed by atoms with Gasteiger partial charge in [0.2, 0.25) is 0 Å². The molecule has 0 spiro atoms. The molecule has 1 saturated carbocycles. The minimum absolute atomic E-state index is 0.118. The topological polar surface area (TPSA) is 32.3 Å². The zero-order valence-corrected chi connectivity index (χ0v) is 10.1. The monoisotopic (exact) mass is 237 g/mol. The van der Waals surface area contributed by atoms with Crippen LogP contribution in [0.2, 0.25) is 0 Å². The van der Waals surface area contributed by atoms with E-state index in [-0.39, 0.29) is 18.0 Å². The molecule has 3 heteroatoms. The van der Waals surface area contributed by atoms with Gasteiger partial charge in [0.25, 0.3) is 0 Å². The van der Waals surface area contributed by atoms with E-state index in [2.05, 4.69) is 5.32 Å². The molecule has 0 amide bonds. The average molecular weight is 237 g/mol. The van der Waals surface area contributed by atoms with Crippen LogP contribution >= 0.6 is 0 Å². The van der Waals surface area contributed by atoms with E-state index in [4.69, 9.17) is 0 Å². The van der Waals surface area contributed by atoms with Crippen molar-refractivity contribution >= 4 is 0 Å². The third-order valence-corrected chi connectivity index (χ3v) is 3.69. The van der Waals surface area contributed by atoms with Crippen molar-refractivity contribution in [3.8, 4) is 0 Å². The molecule has 2 rings (SSSR count). The second-order valence-electron chi connectivity index (χ2n) is 4.98. The molecule has 0 bridgehead atoms. The summed E-state index contributed by atoms with van der Waals surface area (Å²) in [5.74, 6) is -0.205. The zero-order chi connectivity index (χ0) is 12.1. The van der Waals surface area contributed by atoms with Gasteiger partial charge in [0.05, 0.1) is 6.61 Å². The molecule has 1 fully saturated rings. The molecule has 0 radical (unpaired) electrons. The molecule has 0 saturated heterocycles. The standard InChI is InChI=1S/C14H20FNO/c15-13-6-4-12(5-7-13)10-16-14(11-17)8-2-1-3-9-14/h4-7,16-17H,1-3,8-11H2. The lowest BCUT2D eigenvalue weighted by molar-refractivity contribution is 0.119. The first-order valence-corrected chi connectivity index (χ1v) is 6.34. The molecular formula is C14H20FNO. The first-order chi connectivity index (χ1) is 8.24. The van der Waals surface area contributed by atoms with Crippen LogP contribution in [0.3, 0.4) is 0 Å². The Labute approximate surface area is 102 Å². The summed E-state index contributed by atoms with van der Waals surface area (Å²) >= 11 is 0. The van der Waals surface area contributed by atoms with E-state index >= 15 is 0 Å². The van der Waals surface area contributed by atoms with E-state index < -0.39 is 0 Å². The lowest BCUT2D eigenvalue weighted by Gasteiger charge is -2.36. The molecule has 1 aromatic rings. The summed E-state index contributed by atoms with van der Waals surface area (Å²) in [6.45, 7) is 0.884. The number of aliphatic hydroxyl groups is 1. The second kappa shape index (κ2) is 5.61. The Balaban J connectivity index is 1.93. The number of hydrogen-bond donors (Lipinski definition) is 2. The van der Waals surface area contributed by atoms with Crippen LogP contribution in [0.25, 0.3) is 0 Å². The Morgan fingerprint density at radius 3 is 2.35 bits per heavy atom. The van der Waals surface area contributed by atoms with Gasteiger partial charge in [-0.15, -0.1) is 0 Å². The molecule has 0 aliphatic heterocycles. The van der Waals surface area contributed by atoms with Gasteiger partial charge in [-0.05, 0) is 30.5 Å². The summed E-state index contributed by atoms with van der Waals surface area (Å²) in [6.07, 6.45) is 5.68. The Bertz CT molecular complexity index is 344. The molecule has 0 heterocycles. The van der Waals surface area contributed by atoms with Crippen molar-refractivity contribution in [3.63, 3.8) is 0 Å². The largest absolute Gasteiger partial charge is 0.394 e. The van der Waals surface area contributed by atoms with Gasteiger partial charge >= 0.3 is 0 Å². The number of nitrogens with one attached hydrogen (secondary N) is 1. The van der Waals surface area contributed by atoms with E-state index in [1.54, 1.807) is 12.1 Å². The second-order valence-corrected chi connectivity index (χ2v) is 4.98. The highest BCUT2D eigenvalue weighted by molar-refractivity contribution is 5.16. The molecule has 94 valence electrons. The number of rotatable bonds is 4. The van der Waals surface area contributed by atoms with Crippen molar-refractivity contribution < 1.29 is 9.50 Å². The van der Waals surface area contributed by atoms with Crippen LogP contribution < -0.4 is 5.32 Å². The maximum Gasteiger partial charge on any atom is 0.123 e. The van der Waals surface area contributed by atoms with Gasteiger partial charge in [0, 0.05) is 12.1 Å². The Morgan fingerprint density at radius 2 is 1.76 bits per heavy atom. The van der Waals surface area contributed by atoms with Crippen LogP contribution in [0.1, 0.15) is 37.7 Å². The SMILES string of the molecule is OCC1(NCc2ccc(F)cc2)CCCCC1. The summed E-state index contributed by atoms with van der Waals surface area (Å²) in [6, 6.07) is 6.53. The summed E-state index contributed by atoms with van der Waals surface area (Å²) in [4.78, 5) is 0. The lowest BCUT2D eigenvalue weighted by atomic mass is 9.82. The van der Waals surface area contributed by atoms with Crippen molar-refractivity contribution in [2.24, 2.45) is 0 Å². The van der Waals surface area contributed by atoms with Crippen LogP contribution in [0.5, 0.6) is 0 Å². The predicted molar refractivity (Wildman–Crippen MR) is 66.1 cm³/mol. The van der Waals surface area contributed by atoms with Crippen molar-refractivity contribution in [2.45, 2.75) is 44.2 Å². The first kappa shape index (κ1) is 12.5. The van der Waals surface area contributed by atoms with E-state index in [1.807, 2.05) is 0 Å². The maximum atomic E-state index is 12.8. The minimum atomic E-state index is -0.205. The van der Waals surface area contributed by atoms with E-state index in [1.165, 1.54) is 31.4 Å². The zero-order valence-electron chi connectivity index (χ0n) is 10.1. The van der Waals surface area contributed by atoms with Crippen LogP contribution in [-0.4, -0.2) is 17.3 Å². The van der Waals surface area contributed by atoms with Crippen molar-refractivity contribution in [1.29, 1.82) is 0 Å². The molecule has 1 aromatic carbocycles. The van der Waals surface area contributed by atoms with Crippen LogP contribution in [0.15, 0.2) is 24.3 Å². The van der Waals surface area contributed by atoms with Gasteiger partial charge in [-0.2, -0.15) is 0 Å². The average Bonchev–Trinajstić information content (AvgIpc) is 2.39. The quantitative estimate of drug-likeness (QED) is 0.843. The van der Waals surface area contributed by atoms with Gasteiger partial charge in [0.15, 0.2) is 0 Å². The van der Waals surface area contributed by atoms with Crippen LogP contribution in [0, 0.1) is 5.82 Å². The van der Waals surface area contributed by atoms with Crippen molar-refractivity contribution in [3.05, 3.63) is 35.6 Å². The summed E-state index contributed by atoms with van der Waals surface area (Å²) in [7, 11) is 0. The fraction of sp³-hybridized carbons (Fsp3) is 0.571. The molecule has 17 heavy (non-hydrogen) atoms. The van der Waals surface area contributed by atoms with E-state index in [9.17, 15) is 9.50 Å². The van der Waals surface area contributed by atoms with Gasteiger partial charge < -0.3 is 10.4 Å². The molecule has 1 aliphatic rings. The van der Waals surface area contributed by atoms with Crippen LogP contribution in [-0.2, 0) is 6.54 Å². The summed E-state index contributed by atoms with van der Waals surface area (Å²) in [5, 5.41) is 13.0. The van der Waals surface area contributed by atoms with Crippen LogP contribution in [0.4, 0.5) is 4.39 Å². The summed E-state index contributed by atoms with van der Waals surface area (Å²) in [5.41, 5.74) is 0.942. The highest BCUT2D eigenvalue weighted by Crippen LogP contribution is 2.28. The van der Waals surface area contributed by atoms with Gasteiger partial charge in [-0.1, -0.05) is 31.4 Å². The van der Waals surface area contributed by atoms with Crippen molar-refractivity contribution in [2.75, 3.05) is 6.61 Å². The number of benzene rings is 1. The highest BCUT2D eigenvalue weighted by Gasteiger charge is 2.30. The molecule has 2 nitrogen and oxygen atoms in total. The molecule has 0 aromatic heterocycles. The van der Waals surface area contributed by atoms with Gasteiger partial charge in [0.1, 0.15) is 5.82 Å².